The summed E-state index contributed by atoms with van der Waals surface area (Å²) in [5.74, 6) is -2.12. The monoisotopic (exact) mass is 479 g/mol. The molecule has 0 saturated carbocycles. The Morgan fingerprint density at radius 3 is 2.40 bits per heavy atom. The molecule has 5 rings (SSSR count). The van der Waals surface area contributed by atoms with Gasteiger partial charge >= 0.3 is 12.0 Å². The van der Waals surface area contributed by atoms with Crippen LogP contribution in [0.5, 0.6) is 0 Å². The molecule has 1 aromatic heterocycles. The number of pyridine rings is 1. The highest BCUT2D eigenvalue weighted by Crippen LogP contribution is 2.35. The van der Waals surface area contributed by atoms with Crippen LogP contribution < -0.4 is 5.32 Å². The summed E-state index contributed by atoms with van der Waals surface area (Å²) in [5, 5.41) is 14.7. The molecule has 0 radical (unpaired) electrons. The second-order valence-corrected chi connectivity index (χ2v) is 9.47. The van der Waals surface area contributed by atoms with Crippen molar-refractivity contribution < 1.29 is 24.3 Å². The molecule has 4 heterocycles. The van der Waals surface area contributed by atoms with Crippen molar-refractivity contribution in [3.05, 3.63) is 42.2 Å². The van der Waals surface area contributed by atoms with Crippen LogP contribution >= 0.6 is 0 Å². The molecule has 35 heavy (non-hydrogen) atoms. The average molecular weight is 480 g/mol. The molecule has 0 bridgehead atoms. The number of carboxylic acid groups (broad SMARTS) is 1. The van der Waals surface area contributed by atoms with E-state index in [1.165, 1.54) is 4.90 Å². The molecule has 0 spiro atoms. The minimum Gasteiger partial charge on any atom is -0.480 e. The summed E-state index contributed by atoms with van der Waals surface area (Å²) in [6.45, 7) is 2.75. The third-order valence-corrected chi connectivity index (χ3v) is 7.43. The van der Waals surface area contributed by atoms with Crippen molar-refractivity contribution in [1.82, 2.24) is 25.0 Å². The van der Waals surface area contributed by atoms with E-state index in [1.807, 2.05) is 30.3 Å². The number of amides is 4. The van der Waals surface area contributed by atoms with E-state index in [9.17, 15) is 24.3 Å². The summed E-state index contributed by atoms with van der Waals surface area (Å²) in [5.41, 5.74) is 0.368. The minimum absolute atomic E-state index is 0.209. The lowest BCUT2D eigenvalue weighted by Crippen LogP contribution is -2.69. The van der Waals surface area contributed by atoms with Gasteiger partial charge in [-0.05, 0) is 49.7 Å². The first-order valence-corrected chi connectivity index (χ1v) is 12.1. The zero-order valence-corrected chi connectivity index (χ0v) is 19.4. The van der Waals surface area contributed by atoms with Crippen molar-refractivity contribution >= 4 is 34.6 Å². The first-order valence-electron chi connectivity index (χ1n) is 12.1. The average Bonchev–Trinajstić information content (AvgIpc) is 2.89. The van der Waals surface area contributed by atoms with Crippen LogP contribution in [0.3, 0.4) is 0 Å². The number of aliphatic carboxylic acids is 1. The van der Waals surface area contributed by atoms with E-state index in [4.69, 9.17) is 0 Å². The summed E-state index contributed by atoms with van der Waals surface area (Å²) in [7, 11) is 0. The number of carbonyl (C=O) groups is 4. The Bertz CT molecular complexity index is 1150. The largest absolute Gasteiger partial charge is 0.480 e. The van der Waals surface area contributed by atoms with Gasteiger partial charge in [-0.1, -0.05) is 24.3 Å². The molecule has 2 N–H and O–H groups in total. The molecule has 10 nitrogen and oxygen atoms in total. The molecule has 3 aliphatic rings. The van der Waals surface area contributed by atoms with Crippen LogP contribution in [0.15, 0.2) is 36.5 Å². The van der Waals surface area contributed by atoms with E-state index >= 15 is 0 Å². The number of aromatic nitrogens is 1. The zero-order valence-electron chi connectivity index (χ0n) is 19.4. The number of benzene rings is 1. The van der Waals surface area contributed by atoms with Gasteiger partial charge in [0.15, 0.2) is 6.04 Å². The Morgan fingerprint density at radius 2 is 1.69 bits per heavy atom. The Labute approximate surface area is 202 Å². The standard InChI is InChI=1S/C25H29N5O5/c31-22-19(15-16-5-8-26-9-6-16)21(24(33)34)30(22)25(35)29-13-11-28(12-14-29)23(32)20-18-4-2-1-3-17(18)7-10-27-20/h1-4,7,10,16,19,21,26H,5-6,8-9,11-15H2,(H,33,34)/t19-,21+/m1/s1. The highest BCUT2D eigenvalue weighted by atomic mass is 16.4. The smallest absolute Gasteiger partial charge is 0.327 e. The van der Waals surface area contributed by atoms with Crippen LogP contribution in [0.2, 0.25) is 0 Å². The fraction of sp³-hybridized carbons (Fsp3) is 0.480. The van der Waals surface area contributed by atoms with Crippen LogP contribution in [-0.2, 0) is 9.59 Å². The van der Waals surface area contributed by atoms with E-state index in [-0.39, 0.29) is 32.1 Å². The lowest BCUT2D eigenvalue weighted by molar-refractivity contribution is -0.167. The Balaban J connectivity index is 1.22. The number of imide groups is 1. The second-order valence-electron chi connectivity index (χ2n) is 9.47. The van der Waals surface area contributed by atoms with Gasteiger partial charge in [-0.25, -0.2) is 14.5 Å². The Morgan fingerprint density at radius 1 is 1.00 bits per heavy atom. The van der Waals surface area contributed by atoms with Crippen molar-refractivity contribution in [2.24, 2.45) is 11.8 Å². The number of nitrogens with one attached hydrogen (secondary N) is 1. The van der Waals surface area contributed by atoms with E-state index in [1.54, 1.807) is 11.1 Å². The molecule has 2 atom stereocenters. The summed E-state index contributed by atoms with van der Waals surface area (Å²) in [6, 6.07) is 7.69. The molecule has 4 amide bonds. The Hall–Kier alpha value is -3.53. The van der Waals surface area contributed by atoms with Gasteiger partial charge in [0.05, 0.1) is 5.92 Å². The fourth-order valence-electron chi connectivity index (χ4n) is 5.44. The molecular formula is C25H29N5O5. The fourth-order valence-corrected chi connectivity index (χ4v) is 5.44. The Kier molecular flexibility index (Phi) is 6.38. The van der Waals surface area contributed by atoms with Crippen LogP contribution in [0.4, 0.5) is 4.79 Å². The number of rotatable bonds is 4. The maximum Gasteiger partial charge on any atom is 0.327 e. The van der Waals surface area contributed by atoms with E-state index in [2.05, 4.69) is 10.3 Å². The normalized spacial score (nSPS) is 23.3. The van der Waals surface area contributed by atoms with Crippen molar-refractivity contribution in [3.63, 3.8) is 0 Å². The molecular weight excluding hydrogens is 450 g/mol. The number of hydrogen-bond donors (Lipinski definition) is 2. The number of piperazine rings is 1. The highest BCUT2D eigenvalue weighted by Gasteiger charge is 2.56. The number of β-lactam (4-membered cyclic amide) rings is 1. The summed E-state index contributed by atoms with van der Waals surface area (Å²) in [6.07, 6.45) is 3.93. The maximum absolute atomic E-state index is 13.1. The molecule has 1 aromatic carbocycles. The first kappa shape index (κ1) is 23.2. The van der Waals surface area contributed by atoms with Gasteiger partial charge in [0.1, 0.15) is 5.69 Å². The number of likely N-dealkylation sites (tertiary alicyclic amines) is 1. The molecule has 0 aliphatic carbocycles. The predicted octanol–water partition coefficient (Wildman–Crippen LogP) is 1.41. The summed E-state index contributed by atoms with van der Waals surface area (Å²) in [4.78, 5) is 59.3. The van der Waals surface area contributed by atoms with E-state index < -0.39 is 29.9 Å². The lowest BCUT2D eigenvalue weighted by Gasteiger charge is -2.47. The quantitative estimate of drug-likeness (QED) is 0.636. The maximum atomic E-state index is 13.1. The zero-order chi connectivity index (χ0) is 24.5. The lowest BCUT2D eigenvalue weighted by atomic mass is 9.78. The predicted molar refractivity (Wildman–Crippen MR) is 127 cm³/mol. The summed E-state index contributed by atoms with van der Waals surface area (Å²) >= 11 is 0. The van der Waals surface area contributed by atoms with Crippen LogP contribution in [0.1, 0.15) is 29.8 Å². The van der Waals surface area contributed by atoms with Crippen LogP contribution in [0, 0.1) is 11.8 Å². The van der Waals surface area contributed by atoms with Crippen molar-refractivity contribution in [1.29, 1.82) is 0 Å². The van der Waals surface area contributed by atoms with Crippen molar-refractivity contribution in [2.45, 2.75) is 25.3 Å². The second kappa shape index (κ2) is 9.61. The number of carboxylic acids is 1. The third-order valence-electron chi connectivity index (χ3n) is 7.43. The summed E-state index contributed by atoms with van der Waals surface area (Å²) < 4.78 is 0. The SMILES string of the molecule is O=C(O)[C@@H]1[C@@H](CC2CCNCC2)C(=O)N1C(=O)N1CCN(C(=O)c2nccc3ccccc23)CC1. The van der Waals surface area contributed by atoms with Crippen LogP contribution in [-0.4, -0.2) is 93.9 Å². The van der Waals surface area contributed by atoms with Gasteiger partial charge < -0.3 is 20.2 Å². The number of carbonyl (C=O) groups excluding carboxylic acids is 3. The number of nitrogens with zero attached hydrogens (tertiary/aromatic N) is 4. The molecule has 2 aromatic rings. The molecule has 3 fully saturated rings. The molecule has 0 unspecified atom stereocenters. The number of fused-ring (bicyclic) bond motifs is 1. The third kappa shape index (κ3) is 4.34. The molecule has 10 heteroatoms. The van der Waals surface area contributed by atoms with Crippen LogP contribution in [0.25, 0.3) is 10.8 Å². The topological polar surface area (TPSA) is 123 Å². The van der Waals surface area contributed by atoms with Crippen molar-refractivity contribution in [3.8, 4) is 0 Å². The first-order chi connectivity index (χ1) is 17.0. The molecule has 3 aliphatic heterocycles. The van der Waals surface area contributed by atoms with Crippen molar-refractivity contribution in [2.75, 3.05) is 39.3 Å². The van der Waals surface area contributed by atoms with Gasteiger partial charge in [-0.15, -0.1) is 0 Å². The van der Waals surface area contributed by atoms with Gasteiger partial charge in [-0.2, -0.15) is 0 Å². The number of urea groups is 1. The van der Waals surface area contributed by atoms with Gasteiger partial charge in [0, 0.05) is 37.8 Å². The van der Waals surface area contributed by atoms with E-state index in [0.717, 1.165) is 41.6 Å². The highest BCUT2D eigenvalue weighted by molar-refractivity contribution is 6.08. The molecule has 184 valence electrons. The number of hydrogen-bond acceptors (Lipinski definition) is 6. The number of piperidine rings is 1. The van der Waals surface area contributed by atoms with E-state index in [0.29, 0.717) is 18.0 Å². The van der Waals surface area contributed by atoms with Gasteiger partial charge in [0.25, 0.3) is 5.91 Å². The molecule has 3 saturated heterocycles. The van der Waals surface area contributed by atoms with Gasteiger partial charge in [0.2, 0.25) is 5.91 Å². The van der Waals surface area contributed by atoms with Gasteiger partial charge in [-0.3, -0.25) is 14.6 Å². The minimum atomic E-state index is -1.15.